The van der Waals surface area contributed by atoms with Crippen LogP contribution in [-0.2, 0) is 5.41 Å². The molecule has 1 aliphatic heterocycles. The first-order chi connectivity index (χ1) is 36.2. The second-order valence-corrected chi connectivity index (χ2v) is 23.3. The van der Waals surface area contributed by atoms with Gasteiger partial charge in [0.2, 0.25) is 0 Å². The molecule has 342 valence electrons. The van der Waals surface area contributed by atoms with Gasteiger partial charge in [-0.1, -0.05) is 255 Å². The average Bonchev–Trinajstić information content (AvgIpc) is 4.00. The SMILES string of the molecule is c1ccc(C2(c3ccccc3)c3ccccc3-c3ccc(N(c4ccc(-c5cccc([Si]6(c7ccccc7)c7ccccc7-c7ccccc76)c5)cc4)c4ccc(-c5ccc6ccccc6c5)cc4)cc32)cc1. The van der Waals surface area contributed by atoms with Gasteiger partial charge in [-0.25, -0.2) is 0 Å². The lowest BCUT2D eigenvalue weighted by molar-refractivity contribution is 0.768. The molecule has 1 nitrogen and oxygen atoms in total. The Morgan fingerprint density at radius 3 is 1.36 bits per heavy atom. The van der Waals surface area contributed by atoms with Gasteiger partial charge in [-0.3, -0.25) is 0 Å². The van der Waals surface area contributed by atoms with E-state index in [1.54, 1.807) is 0 Å². The minimum Gasteiger partial charge on any atom is -0.310 e. The molecule has 1 aliphatic carbocycles. The van der Waals surface area contributed by atoms with Crippen molar-refractivity contribution in [2.75, 3.05) is 4.90 Å². The van der Waals surface area contributed by atoms with Crippen molar-refractivity contribution in [2.45, 2.75) is 5.41 Å². The van der Waals surface area contributed by atoms with E-state index in [0.29, 0.717) is 0 Å². The lowest BCUT2D eigenvalue weighted by Crippen LogP contribution is -2.72. The van der Waals surface area contributed by atoms with Crippen LogP contribution in [0.1, 0.15) is 22.3 Å². The summed E-state index contributed by atoms with van der Waals surface area (Å²) < 4.78 is 0. The number of hydrogen-bond donors (Lipinski definition) is 0. The number of anilines is 3. The Bertz CT molecular complexity index is 3930. The molecule has 12 aromatic carbocycles. The average molecular weight is 944 g/mol. The summed E-state index contributed by atoms with van der Waals surface area (Å²) in [4.78, 5) is 2.44. The van der Waals surface area contributed by atoms with Gasteiger partial charge in [-0.05, 0) is 141 Å². The highest BCUT2D eigenvalue weighted by molar-refractivity contribution is 7.22. The van der Waals surface area contributed by atoms with E-state index in [2.05, 4.69) is 302 Å². The monoisotopic (exact) mass is 943 g/mol. The summed E-state index contributed by atoms with van der Waals surface area (Å²) in [6.45, 7) is 0. The Balaban J connectivity index is 0.921. The minimum atomic E-state index is -2.65. The topological polar surface area (TPSA) is 3.24 Å². The van der Waals surface area contributed by atoms with Crippen LogP contribution in [0.5, 0.6) is 0 Å². The summed E-state index contributed by atoms with van der Waals surface area (Å²) >= 11 is 0. The molecule has 0 saturated carbocycles. The highest BCUT2D eigenvalue weighted by Gasteiger charge is 2.49. The summed E-state index contributed by atoms with van der Waals surface area (Å²) in [6, 6.07) is 111. The molecule has 0 aromatic heterocycles. The standard InChI is InChI=1S/C71H49NSi/c1-4-22-56(23-5-1)71(57-24-6-2-7-25-57)67-32-15-12-29-63(67)64-46-45-60(49-68(64)71)72(59-43-39-52(40-44-59)55-36-35-50-19-10-11-20-53(50)47-55)58-41-37-51(38-42-58)54-21-18-28-62(48-54)73(61-26-8-3-9-27-61)69-33-16-13-30-65(69)66-31-14-17-34-70(66)73/h1-49H. The number of fused-ring (bicyclic) bond motifs is 7. The molecular formula is C71H49NSi. The third-order valence-corrected chi connectivity index (χ3v) is 20.7. The van der Waals surface area contributed by atoms with Crippen molar-refractivity contribution < 1.29 is 0 Å². The molecule has 0 N–H and O–H groups in total. The fourth-order valence-electron chi connectivity index (χ4n) is 12.6. The molecule has 0 spiro atoms. The van der Waals surface area contributed by atoms with E-state index in [1.807, 2.05) is 0 Å². The van der Waals surface area contributed by atoms with E-state index in [4.69, 9.17) is 0 Å². The smallest absolute Gasteiger partial charge is 0.180 e. The zero-order valence-corrected chi connectivity index (χ0v) is 41.2. The van der Waals surface area contributed by atoms with E-state index in [0.717, 1.165) is 17.1 Å². The van der Waals surface area contributed by atoms with Crippen molar-refractivity contribution >= 4 is 56.7 Å². The van der Waals surface area contributed by atoms with Gasteiger partial charge < -0.3 is 4.90 Å². The first kappa shape index (κ1) is 42.8. The van der Waals surface area contributed by atoms with Crippen LogP contribution in [0.2, 0.25) is 0 Å². The van der Waals surface area contributed by atoms with Crippen LogP contribution in [0, 0.1) is 0 Å². The van der Waals surface area contributed by atoms with Crippen molar-refractivity contribution in [2.24, 2.45) is 0 Å². The molecule has 73 heavy (non-hydrogen) atoms. The molecule has 14 rings (SSSR count). The van der Waals surface area contributed by atoms with Crippen molar-refractivity contribution in [3.63, 3.8) is 0 Å². The van der Waals surface area contributed by atoms with Crippen LogP contribution in [0.3, 0.4) is 0 Å². The normalized spacial score (nSPS) is 13.4. The summed E-state index contributed by atoms with van der Waals surface area (Å²) in [5.41, 5.74) is 17.9. The maximum Gasteiger partial charge on any atom is 0.180 e. The molecule has 0 bridgehead atoms. The van der Waals surface area contributed by atoms with Crippen LogP contribution in [0.25, 0.3) is 55.3 Å². The van der Waals surface area contributed by atoms with Crippen molar-refractivity contribution in [3.05, 3.63) is 320 Å². The molecule has 1 heterocycles. The highest BCUT2D eigenvalue weighted by Crippen LogP contribution is 2.57. The molecule has 0 amide bonds. The first-order valence-electron chi connectivity index (χ1n) is 25.4. The van der Waals surface area contributed by atoms with Gasteiger partial charge in [-0.2, -0.15) is 0 Å². The van der Waals surface area contributed by atoms with E-state index in [1.165, 1.54) is 98.3 Å². The fourth-order valence-corrected chi connectivity index (χ4v) is 17.9. The second kappa shape index (κ2) is 17.3. The minimum absolute atomic E-state index is 0.522. The number of rotatable bonds is 9. The van der Waals surface area contributed by atoms with E-state index < -0.39 is 13.5 Å². The van der Waals surface area contributed by atoms with Gasteiger partial charge in [0, 0.05) is 17.1 Å². The lowest BCUT2D eigenvalue weighted by Gasteiger charge is -2.35. The van der Waals surface area contributed by atoms with Gasteiger partial charge in [0.05, 0.1) is 5.41 Å². The van der Waals surface area contributed by atoms with Gasteiger partial charge in [-0.15, -0.1) is 0 Å². The molecular weight excluding hydrogens is 895 g/mol. The van der Waals surface area contributed by atoms with Gasteiger partial charge in [0.1, 0.15) is 0 Å². The molecule has 0 unspecified atom stereocenters. The molecule has 0 saturated heterocycles. The van der Waals surface area contributed by atoms with Crippen LogP contribution in [0.15, 0.2) is 297 Å². The lowest BCUT2D eigenvalue weighted by atomic mass is 9.67. The first-order valence-corrected chi connectivity index (χ1v) is 27.4. The van der Waals surface area contributed by atoms with E-state index in [9.17, 15) is 0 Å². The van der Waals surface area contributed by atoms with Crippen molar-refractivity contribution in [1.29, 1.82) is 0 Å². The van der Waals surface area contributed by atoms with Crippen molar-refractivity contribution in [3.8, 4) is 44.5 Å². The summed E-state index contributed by atoms with van der Waals surface area (Å²) in [6.07, 6.45) is 0. The Morgan fingerprint density at radius 2 is 0.726 bits per heavy atom. The number of nitrogens with zero attached hydrogens (tertiary/aromatic N) is 1. The number of hydrogen-bond acceptors (Lipinski definition) is 1. The maximum absolute atomic E-state index is 2.65. The fraction of sp³-hybridized carbons (Fsp3) is 0.0141. The zero-order chi connectivity index (χ0) is 48.3. The maximum atomic E-state index is 2.49. The number of benzene rings is 12. The Hall–Kier alpha value is -9.08. The van der Waals surface area contributed by atoms with Crippen LogP contribution in [-0.4, -0.2) is 8.07 Å². The highest BCUT2D eigenvalue weighted by atomic mass is 28.3. The molecule has 0 fully saturated rings. The third kappa shape index (κ3) is 6.68. The Labute approximate surface area is 428 Å². The van der Waals surface area contributed by atoms with Crippen LogP contribution >= 0.6 is 0 Å². The largest absolute Gasteiger partial charge is 0.310 e. The van der Waals surface area contributed by atoms with E-state index in [-0.39, 0.29) is 0 Å². The van der Waals surface area contributed by atoms with Crippen molar-refractivity contribution in [1.82, 2.24) is 0 Å². The molecule has 0 atom stereocenters. The van der Waals surface area contributed by atoms with Crippen LogP contribution < -0.4 is 25.6 Å². The second-order valence-electron chi connectivity index (χ2n) is 19.5. The molecule has 2 heteroatoms. The predicted octanol–water partition coefficient (Wildman–Crippen LogP) is 15.4. The van der Waals surface area contributed by atoms with Gasteiger partial charge >= 0.3 is 0 Å². The third-order valence-electron chi connectivity index (χ3n) is 15.8. The quantitative estimate of drug-likeness (QED) is 0.130. The summed E-state index contributed by atoms with van der Waals surface area (Å²) in [7, 11) is -2.65. The predicted molar refractivity (Wildman–Crippen MR) is 309 cm³/mol. The zero-order valence-electron chi connectivity index (χ0n) is 40.2. The van der Waals surface area contributed by atoms with Crippen LogP contribution in [0.4, 0.5) is 17.1 Å². The van der Waals surface area contributed by atoms with E-state index >= 15 is 0 Å². The molecule has 12 aromatic rings. The Morgan fingerprint density at radius 1 is 0.260 bits per heavy atom. The summed E-state index contributed by atoms with van der Waals surface area (Å²) in [5, 5.41) is 8.20. The van der Waals surface area contributed by atoms with Gasteiger partial charge in [0.15, 0.2) is 8.07 Å². The molecule has 0 radical (unpaired) electrons. The Kier molecular flexibility index (Phi) is 10.2. The van der Waals surface area contributed by atoms with Gasteiger partial charge in [0.25, 0.3) is 0 Å². The molecule has 2 aliphatic rings. The summed E-state index contributed by atoms with van der Waals surface area (Å²) in [5.74, 6) is 0.